The van der Waals surface area contributed by atoms with Crippen molar-refractivity contribution in [1.29, 1.82) is 0 Å². The molecule has 1 N–H and O–H groups in total. The Labute approximate surface area is 121 Å². The van der Waals surface area contributed by atoms with Gasteiger partial charge in [-0.05, 0) is 12.1 Å². The molecule has 0 bridgehead atoms. The summed E-state index contributed by atoms with van der Waals surface area (Å²) in [6.07, 6.45) is -4.39. The normalized spacial score (nSPS) is 11.6. The SMILES string of the molecule is Cn1nc(-c2ccc(C(F)(F)F)cc2)nc1SCC(=O)O. The van der Waals surface area contributed by atoms with E-state index in [0.29, 0.717) is 10.7 Å². The fraction of sp³-hybridized carbons (Fsp3) is 0.250. The van der Waals surface area contributed by atoms with Crippen LogP contribution in [0.5, 0.6) is 0 Å². The van der Waals surface area contributed by atoms with Crippen molar-refractivity contribution >= 4 is 17.7 Å². The van der Waals surface area contributed by atoms with E-state index < -0.39 is 17.7 Å². The van der Waals surface area contributed by atoms with Crippen LogP contribution in [0.1, 0.15) is 5.56 Å². The third-order valence-corrected chi connectivity index (χ3v) is 3.52. The maximum Gasteiger partial charge on any atom is 0.416 e. The van der Waals surface area contributed by atoms with Crippen molar-refractivity contribution in [3.8, 4) is 11.4 Å². The minimum atomic E-state index is -4.39. The van der Waals surface area contributed by atoms with Gasteiger partial charge in [-0.3, -0.25) is 4.79 Å². The summed E-state index contributed by atoms with van der Waals surface area (Å²) in [4.78, 5) is 14.6. The molecule has 0 unspecified atom stereocenters. The number of hydrogen-bond donors (Lipinski definition) is 1. The zero-order valence-electron chi connectivity index (χ0n) is 10.8. The van der Waals surface area contributed by atoms with Gasteiger partial charge in [0.25, 0.3) is 0 Å². The van der Waals surface area contributed by atoms with Crippen molar-refractivity contribution in [1.82, 2.24) is 14.8 Å². The predicted molar refractivity (Wildman–Crippen MR) is 69.8 cm³/mol. The molecule has 5 nitrogen and oxygen atoms in total. The van der Waals surface area contributed by atoms with Crippen LogP contribution in [0.3, 0.4) is 0 Å². The molecule has 0 fully saturated rings. The van der Waals surface area contributed by atoms with Gasteiger partial charge in [-0.15, -0.1) is 0 Å². The Morgan fingerprint density at radius 3 is 2.48 bits per heavy atom. The summed E-state index contributed by atoms with van der Waals surface area (Å²) in [6.45, 7) is 0. The molecule has 0 saturated carbocycles. The second kappa shape index (κ2) is 5.76. The van der Waals surface area contributed by atoms with Gasteiger partial charge in [-0.25, -0.2) is 9.67 Å². The van der Waals surface area contributed by atoms with E-state index in [2.05, 4.69) is 10.1 Å². The maximum atomic E-state index is 12.5. The molecule has 0 aliphatic carbocycles. The van der Waals surface area contributed by atoms with E-state index in [1.54, 1.807) is 7.05 Å². The van der Waals surface area contributed by atoms with E-state index in [1.807, 2.05) is 0 Å². The number of carbonyl (C=O) groups is 1. The van der Waals surface area contributed by atoms with E-state index in [1.165, 1.54) is 16.8 Å². The Bertz CT molecular complexity index is 653. The fourth-order valence-corrected chi connectivity index (χ4v) is 2.18. The van der Waals surface area contributed by atoms with Gasteiger partial charge in [0.2, 0.25) is 0 Å². The molecule has 21 heavy (non-hydrogen) atoms. The highest BCUT2D eigenvalue weighted by atomic mass is 32.2. The third kappa shape index (κ3) is 3.75. The molecule has 1 aromatic carbocycles. The van der Waals surface area contributed by atoms with Crippen molar-refractivity contribution in [2.45, 2.75) is 11.3 Å². The summed E-state index contributed by atoms with van der Waals surface area (Å²) in [5.41, 5.74) is -0.316. The summed E-state index contributed by atoms with van der Waals surface area (Å²) in [5.74, 6) is -0.905. The smallest absolute Gasteiger partial charge is 0.416 e. The van der Waals surface area contributed by atoms with Crippen LogP contribution < -0.4 is 0 Å². The number of hydrogen-bond acceptors (Lipinski definition) is 4. The zero-order valence-corrected chi connectivity index (χ0v) is 11.6. The number of carboxylic acids is 1. The molecule has 2 rings (SSSR count). The summed E-state index contributed by atoms with van der Waals surface area (Å²) in [7, 11) is 1.59. The Hall–Kier alpha value is -2.03. The van der Waals surface area contributed by atoms with Gasteiger partial charge in [0.1, 0.15) is 0 Å². The van der Waals surface area contributed by atoms with Crippen LogP contribution >= 0.6 is 11.8 Å². The molecule has 112 valence electrons. The molecule has 1 aromatic heterocycles. The molecule has 0 atom stereocenters. The van der Waals surface area contributed by atoms with Crippen LogP contribution in [0.25, 0.3) is 11.4 Å². The van der Waals surface area contributed by atoms with E-state index in [9.17, 15) is 18.0 Å². The lowest BCUT2D eigenvalue weighted by atomic mass is 10.1. The number of rotatable bonds is 4. The van der Waals surface area contributed by atoms with Crippen molar-refractivity contribution < 1.29 is 23.1 Å². The van der Waals surface area contributed by atoms with E-state index in [-0.39, 0.29) is 11.6 Å². The number of nitrogens with zero attached hydrogens (tertiary/aromatic N) is 3. The highest BCUT2D eigenvalue weighted by molar-refractivity contribution is 7.99. The number of carboxylic acid groups (broad SMARTS) is 1. The summed E-state index contributed by atoms with van der Waals surface area (Å²) < 4.78 is 38.8. The molecule has 0 saturated heterocycles. The van der Waals surface area contributed by atoms with Gasteiger partial charge in [-0.1, -0.05) is 23.9 Å². The molecule has 0 spiro atoms. The van der Waals surface area contributed by atoms with Gasteiger partial charge in [0, 0.05) is 12.6 Å². The van der Waals surface area contributed by atoms with Gasteiger partial charge in [-0.2, -0.15) is 18.3 Å². The Balaban J connectivity index is 2.22. The van der Waals surface area contributed by atoms with Crippen LogP contribution in [-0.2, 0) is 18.0 Å². The number of aromatic nitrogens is 3. The van der Waals surface area contributed by atoms with Crippen molar-refractivity contribution in [2.24, 2.45) is 7.05 Å². The highest BCUT2D eigenvalue weighted by Gasteiger charge is 2.30. The average Bonchev–Trinajstić information content (AvgIpc) is 2.77. The van der Waals surface area contributed by atoms with Gasteiger partial charge in [0.15, 0.2) is 11.0 Å². The predicted octanol–water partition coefficient (Wildman–Crippen LogP) is 2.68. The quantitative estimate of drug-likeness (QED) is 0.878. The first-order valence-corrected chi connectivity index (χ1v) is 6.69. The van der Waals surface area contributed by atoms with E-state index >= 15 is 0 Å². The Morgan fingerprint density at radius 2 is 1.95 bits per heavy atom. The van der Waals surface area contributed by atoms with Gasteiger partial charge < -0.3 is 5.11 Å². The first-order chi connectivity index (χ1) is 9.77. The summed E-state index contributed by atoms with van der Waals surface area (Å²) >= 11 is 0.988. The first-order valence-electron chi connectivity index (χ1n) is 5.70. The largest absolute Gasteiger partial charge is 0.481 e. The molecule has 0 aliphatic rings. The van der Waals surface area contributed by atoms with Gasteiger partial charge in [0.05, 0.1) is 11.3 Å². The highest BCUT2D eigenvalue weighted by Crippen LogP contribution is 2.30. The van der Waals surface area contributed by atoms with Crippen molar-refractivity contribution in [2.75, 3.05) is 5.75 Å². The second-order valence-electron chi connectivity index (χ2n) is 4.10. The van der Waals surface area contributed by atoms with Crippen LogP contribution in [0, 0.1) is 0 Å². The number of thioether (sulfide) groups is 1. The molecule has 0 radical (unpaired) electrons. The van der Waals surface area contributed by atoms with Crippen molar-refractivity contribution in [3.05, 3.63) is 29.8 Å². The lowest BCUT2D eigenvalue weighted by molar-refractivity contribution is -0.137. The second-order valence-corrected chi connectivity index (χ2v) is 5.04. The van der Waals surface area contributed by atoms with E-state index in [4.69, 9.17) is 5.11 Å². The molecule has 9 heteroatoms. The summed E-state index contributed by atoms with van der Waals surface area (Å²) in [6, 6.07) is 4.47. The Morgan fingerprint density at radius 1 is 1.33 bits per heavy atom. The molecule has 0 amide bonds. The standard InChI is InChI=1S/C12H10F3N3O2S/c1-18-11(21-6-9(19)20)16-10(17-18)7-2-4-8(5-3-7)12(13,14)15/h2-5H,6H2,1H3,(H,19,20). The minimum absolute atomic E-state index is 0.168. The number of halogens is 3. The fourth-order valence-electron chi connectivity index (χ4n) is 1.55. The summed E-state index contributed by atoms with van der Waals surface area (Å²) in [5, 5.41) is 13.1. The van der Waals surface area contributed by atoms with Crippen LogP contribution in [0.2, 0.25) is 0 Å². The lowest BCUT2D eigenvalue weighted by Gasteiger charge is -2.05. The molecular formula is C12H10F3N3O2S. The lowest BCUT2D eigenvalue weighted by Crippen LogP contribution is -2.04. The average molecular weight is 317 g/mol. The molecule has 0 aliphatic heterocycles. The molecule has 1 heterocycles. The molecular weight excluding hydrogens is 307 g/mol. The number of aryl methyl sites for hydroxylation is 1. The maximum absolute atomic E-state index is 12.5. The van der Waals surface area contributed by atoms with Crippen LogP contribution in [0.15, 0.2) is 29.4 Å². The Kier molecular flexibility index (Phi) is 4.21. The number of aliphatic carboxylic acids is 1. The number of benzene rings is 1. The number of alkyl halides is 3. The van der Waals surface area contributed by atoms with Gasteiger partial charge >= 0.3 is 12.1 Å². The third-order valence-electron chi connectivity index (χ3n) is 2.52. The van der Waals surface area contributed by atoms with E-state index in [0.717, 1.165) is 23.9 Å². The zero-order chi connectivity index (χ0) is 15.6. The van der Waals surface area contributed by atoms with Crippen molar-refractivity contribution in [3.63, 3.8) is 0 Å². The minimum Gasteiger partial charge on any atom is -0.481 e. The topological polar surface area (TPSA) is 68.0 Å². The monoisotopic (exact) mass is 317 g/mol. The van der Waals surface area contributed by atoms with Crippen LogP contribution in [-0.4, -0.2) is 31.6 Å². The van der Waals surface area contributed by atoms with Crippen LogP contribution in [0.4, 0.5) is 13.2 Å². The first kappa shape index (κ1) is 15.4. The molecule has 2 aromatic rings.